The van der Waals surface area contributed by atoms with E-state index in [0.29, 0.717) is 36.6 Å². The van der Waals surface area contributed by atoms with Crippen LogP contribution in [0.5, 0.6) is 0 Å². The SMILES string of the molecule is Cc1cc(S(=O)(=O)N2CCN(C(=O)c3ccncc3)CC2)c(C)s1. The summed E-state index contributed by atoms with van der Waals surface area (Å²) in [5, 5.41) is 0. The summed E-state index contributed by atoms with van der Waals surface area (Å²) in [6.07, 6.45) is 3.16. The van der Waals surface area contributed by atoms with Gasteiger partial charge >= 0.3 is 0 Å². The number of aryl methyl sites for hydroxylation is 2. The fourth-order valence-electron chi connectivity index (χ4n) is 2.81. The molecule has 128 valence electrons. The maximum atomic E-state index is 12.8. The lowest BCUT2D eigenvalue weighted by Gasteiger charge is -2.34. The van der Waals surface area contributed by atoms with Crippen molar-refractivity contribution in [3.8, 4) is 0 Å². The van der Waals surface area contributed by atoms with Crippen molar-refractivity contribution in [2.24, 2.45) is 0 Å². The molecule has 1 amide bonds. The number of hydrogen-bond acceptors (Lipinski definition) is 5. The topological polar surface area (TPSA) is 70.6 Å². The van der Waals surface area contributed by atoms with Gasteiger partial charge in [0.15, 0.2) is 0 Å². The number of rotatable bonds is 3. The van der Waals surface area contributed by atoms with Crippen LogP contribution >= 0.6 is 11.3 Å². The molecule has 0 radical (unpaired) electrons. The summed E-state index contributed by atoms with van der Waals surface area (Å²) >= 11 is 1.49. The Kier molecular flexibility index (Phi) is 4.71. The van der Waals surface area contributed by atoms with Gasteiger partial charge in [0.05, 0.1) is 4.90 Å². The lowest BCUT2D eigenvalue weighted by molar-refractivity contribution is 0.0698. The van der Waals surface area contributed by atoms with Crippen LogP contribution in [0.25, 0.3) is 0 Å². The fourth-order valence-corrected chi connectivity index (χ4v) is 5.76. The van der Waals surface area contributed by atoms with E-state index in [1.165, 1.54) is 15.6 Å². The highest BCUT2D eigenvalue weighted by Gasteiger charge is 2.32. The van der Waals surface area contributed by atoms with E-state index in [9.17, 15) is 13.2 Å². The summed E-state index contributed by atoms with van der Waals surface area (Å²) < 4.78 is 27.0. The van der Waals surface area contributed by atoms with Crippen molar-refractivity contribution in [3.05, 3.63) is 45.9 Å². The van der Waals surface area contributed by atoms with Gasteiger partial charge < -0.3 is 4.90 Å². The van der Waals surface area contributed by atoms with E-state index in [0.717, 1.165) is 9.75 Å². The van der Waals surface area contributed by atoms with Crippen molar-refractivity contribution in [2.45, 2.75) is 18.7 Å². The molecule has 3 heterocycles. The summed E-state index contributed by atoms with van der Waals surface area (Å²) in [5.74, 6) is -0.0861. The Morgan fingerprint density at radius 3 is 2.29 bits per heavy atom. The van der Waals surface area contributed by atoms with Gasteiger partial charge in [-0.2, -0.15) is 4.31 Å². The minimum Gasteiger partial charge on any atom is -0.336 e. The molecule has 0 atom stereocenters. The second-order valence-corrected chi connectivity index (χ2v) is 9.08. The Morgan fingerprint density at radius 1 is 1.12 bits per heavy atom. The summed E-state index contributed by atoms with van der Waals surface area (Å²) in [5.41, 5.74) is 0.575. The molecule has 1 aliphatic rings. The van der Waals surface area contributed by atoms with Gasteiger partial charge in [-0.05, 0) is 32.0 Å². The third kappa shape index (κ3) is 3.22. The van der Waals surface area contributed by atoms with Gasteiger partial charge in [-0.3, -0.25) is 9.78 Å². The molecule has 2 aromatic rings. The van der Waals surface area contributed by atoms with Gasteiger partial charge in [0, 0.05) is 53.9 Å². The normalized spacial score (nSPS) is 16.3. The number of aromatic nitrogens is 1. The number of nitrogens with zero attached hydrogens (tertiary/aromatic N) is 3. The van der Waals surface area contributed by atoms with Crippen molar-refractivity contribution >= 4 is 27.3 Å². The molecule has 0 saturated carbocycles. The zero-order valence-corrected chi connectivity index (χ0v) is 15.2. The summed E-state index contributed by atoms with van der Waals surface area (Å²) in [7, 11) is -3.49. The third-order valence-corrected chi connectivity index (χ3v) is 7.19. The quantitative estimate of drug-likeness (QED) is 0.833. The van der Waals surface area contributed by atoms with E-state index in [4.69, 9.17) is 0 Å². The predicted molar refractivity (Wildman–Crippen MR) is 92.7 cm³/mol. The minimum absolute atomic E-state index is 0.0861. The number of sulfonamides is 1. The Balaban J connectivity index is 1.71. The smallest absolute Gasteiger partial charge is 0.254 e. The highest BCUT2D eigenvalue weighted by molar-refractivity contribution is 7.89. The minimum atomic E-state index is -3.49. The van der Waals surface area contributed by atoms with Crippen LogP contribution in [0.15, 0.2) is 35.5 Å². The molecule has 1 fully saturated rings. The van der Waals surface area contributed by atoms with Gasteiger partial charge in [-0.25, -0.2) is 8.42 Å². The Morgan fingerprint density at radius 2 is 1.75 bits per heavy atom. The maximum absolute atomic E-state index is 12.8. The number of hydrogen-bond donors (Lipinski definition) is 0. The Hall–Kier alpha value is -1.77. The molecule has 2 aromatic heterocycles. The second-order valence-electron chi connectivity index (χ2n) is 5.71. The Bertz CT molecular complexity index is 839. The first kappa shape index (κ1) is 17.1. The van der Waals surface area contributed by atoms with Crippen molar-refractivity contribution < 1.29 is 13.2 Å². The van der Waals surface area contributed by atoms with Gasteiger partial charge in [0.25, 0.3) is 5.91 Å². The van der Waals surface area contributed by atoms with Crippen LogP contribution in [0.1, 0.15) is 20.1 Å². The number of thiophene rings is 1. The third-order valence-electron chi connectivity index (χ3n) is 4.07. The molecule has 0 spiro atoms. The Labute approximate surface area is 145 Å². The lowest BCUT2D eigenvalue weighted by atomic mass is 10.2. The number of carbonyl (C=O) groups is 1. The van der Waals surface area contributed by atoms with Crippen LogP contribution in [0.4, 0.5) is 0 Å². The zero-order chi connectivity index (χ0) is 17.3. The number of piperazine rings is 1. The van der Waals surface area contributed by atoms with Crippen molar-refractivity contribution in [2.75, 3.05) is 26.2 Å². The average Bonchev–Trinajstić information content (AvgIpc) is 2.94. The molecule has 0 aliphatic carbocycles. The first-order valence-electron chi connectivity index (χ1n) is 7.66. The molecule has 24 heavy (non-hydrogen) atoms. The van der Waals surface area contributed by atoms with E-state index < -0.39 is 10.0 Å². The molecule has 1 saturated heterocycles. The molecule has 1 aliphatic heterocycles. The van der Waals surface area contributed by atoms with Gasteiger partial charge in [0.2, 0.25) is 10.0 Å². The maximum Gasteiger partial charge on any atom is 0.254 e. The van der Waals surface area contributed by atoms with Crippen molar-refractivity contribution in [1.29, 1.82) is 0 Å². The summed E-state index contributed by atoms with van der Waals surface area (Å²) in [6, 6.07) is 5.07. The first-order valence-corrected chi connectivity index (χ1v) is 9.92. The molecule has 3 rings (SSSR count). The monoisotopic (exact) mass is 365 g/mol. The molecule has 0 N–H and O–H groups in total. The van der Waals surface area contributed by atoms with E-state index >= 15 is 0 Å². The lowest BCUT2D eigenvalue weighted by Crippen LogP contribution is -2.50. The summed E-state index contributed by atoms with van der Waals surface area (Å²) in [6.45, 7) is 5.14. The highest BCUT2D eigenvalue weighted by Crippen LogP contribution is 2.28. The van der Waals surface area contributed by atoms with Gasteiger partial charge in [-0.1, -0.05) is 0 Å². The van der Waals surface area contributed by atoms with Crippen LogP contribution in [-0.4, -0.2) is 54.7 Å². The van der Waals surface area contributed by atoms with Gasteiger partial charge in [0.1, 0.15) is 0 Å². The molecule has 0 aromatic carbocycles. The molecular weight excluding hydrogens is 346 g/mol. The second kappa shape index (κ2) is 6.62. The van der Waals surface area contributed by atoms with Crippen molar-refractivity contribution in [3.63, 3.8) is 0 Å². The van der Waals surface area contributed by atoms with Crippen LogP contribution < -0.4 is 0 Å². The number of pyridine rings is 1. The predicted octanol–water partition coefficient (Wildman–Crippen LogP) is 1.91. The van der Waals surface area contributed by atoms with E-state index in [1.54, 1.807) is 35.5 Å². The molecule has 0 bridgehead atoms. The first-order chi connectivity index (χ1) is 11.4. The highest BCUT2D eigenvalue weighted by atomic mass is 32.2. The standard InChI is InChI=1S/C16H19N3O3S2/c1-12-11-15(13(2)23-12)24(21,22)19-9-7-18(8-10-19)16(20)14-3-5-17-6-4-14/h3-6,11H,7-10H2,1-2H3. The van der Waals surface area contributed by atoms with Crippen LogP contribution in [-0.2, 0) is 10.0 Å². The molecule has 8 heteroatoms. The van der Waals surface area contributed by atoms with E-state index in [2.05, 4.69) is 4.98 Å². The fraction of sp³-hybridized carbons (Fsp3) is 0.375. The number of amides is 1. The average molecular weight is 365 g/mol. The van der Waals surface area contributed by atoms with E-state index in [1.807, 2.05) is 13.8 Å². The van der Waals surface area contributed by atoms with Gasteiger partial charge in [-0.15, -0.1) is 11.3 Å². The van der Waals surface area contributed by atoms with E-state index in [-0.39, 0.29) is 5.91 Å². The van der Waals surface area contributed by atoms with Crippen LogP contribution in [0.3, 0.4) is 0 Å². The molecule has 6 nitrogen and oxygen atoms in total. The largest absolute Gasteiger partial charge is 0.336 e. The summed E-state index contributed by atoms with van der Waals surface area (Å²) in [4.78, 5) is 20.2. The molecule has 0 unspecified atom stereocenters. The van der Waals surface area contributed by atoms with Crippen LogP contribution in [0.2, 0.25) is 0 Å². The van der Waals surface area contributed by atoms with Crippen LogP contribution in [0, 0.1) is 13.8 Å². The van der Waals surface area contributed by atoms with Crippen molar-refractivity contribution in [1.82, 2.24) is 14.2 Å². The molecular formula is C16H19N3O3S2. The zero-order valence-electron chi connectivity index (χ0n) is 13.6. The number of carbonyl (C=O) groups excluding carboxylic acids is 1.